The summed E-state index contributed by atoms with van der Waals surface area (Å²) < 4.78 is 44.9. The molecule has 2 aromatic carbocycles. The van der Waals surface area contributed by atoms with E-state index in [1.54, 1.807) is 24.4 Å². The second-order valence-corrected chi connectivity index (χ2v) is 13.5. The Kier molecular flexibility index (Phi) is 7.03. The monoisotopic (exact) mass is 630 g/mol. The second kappa shape index (κ2) is 10.3. The van der Waals surface area contributed by atoms with Gasteiger partial charge in [-0.1, -0.05) is 46.6 Å². The molecule has 3 fully saturated rings. The van der Waals surface area contributed by atoms with E-state index in [2.05, 4.69) is 26.2 Å². The lowest BCUT2D eigenvalue weighted by Crippen LogP contribution is -2.62. The molecule has 3 bridgehead atoms. The number of halogens is 4. The zero-order valence-corrected chi connectivity index (χ0v) is 23.8. The maximum absolute atomic E-state index is 13.8. The van der Waals surface area contributed by atoms with Crippen molar-refractivity contribution in [3.63, 3.8) is 0 Å². The lowest BCUT2D eigenvalue weighted by atomic mass is 9.49. The number of fused-ring (bicyclic) bond motifs is 3. The highest BCUT2D eigenvalue weighted by Gasteiger charge is 2.60. The molecular formula is C31H30BrF3N2O4. The minimum Gasteiger partial charge on any atom is -0.486 e. The van der Waals surface area contributed by atoms with E-state index >= 15 is 0 Å². The van der Waals surface area contributed by atoms with Gasteiger partial charge in [-0.05, 0) is 80.2 Å². The minimum atomic E-state index is -4.45. The fraction of sp³-hybridized carbons (Fsp3) is 0.452. The molecule has 3 saturated carbocycles. The zero-order valence-electron chi connectivity index (χ0n) is 22.2. The third-order valence-corrected chi connectivity index (χ3v) is 10.6. The number of aromatic nitrogens is 1. The third-order valence-electron chi connectivity index (χ3n) is 9.39. The van der Waals surface area contributed by atoms with Crippen LogP contribution in [0.15, 0.2) is 54.7 Å². The van der Waals surface area contributed by atoms with Gasteiger partial charge in [0.2, 0.25) is 0 Å². The van der Waals surface area contributed by atoms with Crippen molar-refractivity contribution in [3.05, 3.63) is 71.4 Å². The first-order valence-corrected chi connectivity index (χ1v) is 14.7. The fourth-order valence-electron chi connectivity index (χ4n) is 7.56. The molecule has 2 N–H and O–H groups in total. The van der Waals surface area contributed by atoms with Crippen molar-refractivity contribution in [2.45, 2.75) is 68.1 Å². The first kappa shape index (κ1) is 28.0. The number of benzene rings is 2. The van der Waals surface area contributed by atoms with Crippen LogP contribution in [0.25, 0.3) is 10.9 Å². The SMILES string of the molecule is O=C(N[C@H](C(=O)O)C12CCC3CCC(CC3(Br)C1)C2)c1ccc2cccnc2c1OCc1ccc(C(F)(F)F)cc1. The highest BCUT2D eigenvalue weighted by Crippen LogP contribution is 2.64. The molecule has 6 rings (SSSR count). The first-order valence-electron chi connectivity index (χ1n) is 13.9. The zero-order chi connectivity index (χ0) is 29.0. The Morgan fingerprint density at radius 2 is 1.88 bits per heavy atom. The van der Waals surface area contributed by atoms with Gasteiger partial charge in [0.15, 0.2) is 5.75 Å². The van der Waals surface area contributed by atoms with E-state index in [9.17, 15) is 27.9 Å². The molecule has 6 nitrogen and oxygen atoms in total. The van der Waals surface area contributed by atoms with Crippen LogP contribution in [0, 0.1) is 17.3 Å². The standard InChI is InChI=1S/C31H30BrF3N2O4/c32-30-15-19-5-7-21(30)11-12-29(14-19,17-30)26(28(39)40)37-27(38)23-10-6-20-2-1-13-36-24(20)25(23)41-16-18-3-8-22(9-4-18)31(33,34)35/h1-4,6,8-10,13,19,21,26H,5,7,11-12,14-17H2,(H,37,38)(H,39,40)/t19?,21?,26-,29?,30?/m1/s1. The number of nitrogens with zero attached hydrogens (tertiary/aromatic N) is 1. The molecule has 0 saturated heterocycles. The Morgan fingerprint density at radius 3 is 2.61 bits per heavy atom. The summed E-state index contributed by atoms with van der Waals surface area (Å²) in [5.41, 5.74) is -0.305. The van der Waals surface area contributed by atoms with Crippen LogP contribution in [0.4, 0.5) is 13.2 Å². The number of rotatable bonds is 7. The molecule has 1 amide bonds. The largest absolute Gasteiger partial charge is 0.486 e. The smallest absolute Gasteiger partial charge is 0.416 e. The van der Waals surface area contributed by atoms with Crippen LogP contribution in [0.2, 0.25) is 0 Å². The second-order valence-electron chi connectivity index (χ2n) is 11.9. The summed E-state index contributed by atoms with van der Waals surface area (Å²) in [4.78, 5) is 30.9. The average molecular weight is 631 g/mol. The Hall–Kier alpha value is -3.14. The lowest BCUT2D eigenvalue weighted by Gasteiger charge is -2.60. The molecule has 3 aliphatic rings. The quantitative estimate of drug-likeness (QED) is 0.271. The molecule has 0 spiro atoms. The van der Waals surface area contributed by atoms with E-state index in [0.717, 1.165) is 50.7 Å². The Balaban J connectivity index is 1.29. The van der Waals surface area contributed by atoms with Crippen molar-refractivity contribution in [2.75, 3.05) is 0 Å². The predicted octanol–water partition coefficient (Wildman–Crippen LogP) is 7.14. The van der Waals surface area contributed by atoms with Crippen molar-refractivity contribution in [3.8, 4) is 5.75 Å². The molecule has 5 atom stereocenters. The molecule has 3 aliphatic carbocycles. The van der Waals surface area contributed by atoms with Gasteiger partial charge < -0.3 is 15.2 Å². The van der Waals surface area contributed by atoms with Gasteiger partial charge in [-0.15, -0.1) is 0 Å². The van der Waals surface area contributed by atoms with Crippen molar-refractivity contribution < 1.29 is 32.6 Å². The van der Waals surface area contributed by atoms with Gasteiger partial charge in [-0.2, -0.15) is 13.2 Å². The van der Waals surface area contributed by atoms with Gasteiger partial charge in [-0.3, -0.25) is 9.78 Å². The van der Waals surface area contributed by atoms with Crippen molar-refractivity contribution in [2.24, 2.45) is 17.3 Å². The number of alkyl halides is 4. The Labute approximate surface area is 243 Å². The van der Waals surface area contributed by atoms with Gasteiger partial charge in [0.05, 0.1) is 11.1 Å². The van der Waals surface area contributed by atoms with Crippen LogP contribution in [0.3, 0.4) is 0 Å². The van der Waals surface area contributed by atoms with E-state index in [0.29, 0.717) is 34.7 Å². The molecule has 10 heteroatoms. The maximum atomic E-state index is 13.8. The van der Waals surface area contributed by atoms with Crippen molar-refractivity contribution in [1.82, 2.24) is 10.3 Å². The van der Waals surface area contributed by atoms with Crippen LogP contribution in [-0.4, -0.2) is 32.3 Å². The number of pyridine rings is 1. The number of amides is 1. The number of carbonyl (C=O) groups excluding carboxylic acids is 1. The summed E-state index contributed by atoms with van der Waals surface area (Å²) >= 11 is 4.01. The number of hydrogen-bond acceptors (Lipinski definition) is 4. The van der Waals surface area contributed by atoms with Crippen LogP contribution in [-0.2, 0) is 17.6 Å². The number of aliphatic carboxylic acids is 1. The van der Waals surface area contributed by atoms with Crippen LogP contribution in [0.1, 0.15) is 66.4 Å². The van der Waals surface area contributed by atoms with E-state index < -0.39 is 35.1 Å². The normalized spacial score (nSPS) is 27.8. The van der Waals surface area contributed by atoms with Crippen molar-refractivity contribution in [1.29, 1.82) is 0 Å². The number of carboxylic acid groups (broad SMARTS) is 1. The summed E-state index contributed by atoms with van der Waals surface area (Å²) in [6.45, 7) is -0.102. The summed E-state index contributed by atoms with van der Waals surface area (Å²) in [6.07, 6.45) is 3.53. The summed E-state index contributed by atoms with van der Waals surface area (Å²) in [5, 5.41) is 14.0. The van der Waals surface area contributed by atoms with Crippen LogP contribution >= 0.6 is 15.9 Å². The Morgan fingerprint density at radius 1 is 1.10 bits per heavy atom. The van der Waals surface area contributed by atoms with Gasteiger partial charge >= 0.3 is 12.1 Å². The number of carboxylic acids is 1. The first-order chi connectivity index (χ1) is 19.5. The molecule has 41 heavy (non-hydrogen) atoms. The summed E-state index contributed by atoms with van der Waals surface area (Å²) in [7, 11) is 0. The molecule has 0 radical (unpaired) electrons. The molecular weight excluding hydrogens is 601 g/mol. The molecule has 1 heterocycles. The highest BCUT2D eigenvalue weighted by atomic mass is 79.9. The number of ether oxygens (including phenoxy) is 1. The van der Waals surface area contributed by atoms with Gasteiger partial charge in [0, 0.05) is 21.3 Å². The van der Waals surface area contributed by atoms with E-state index in [1.165, 1.54) is 12.1 Å². The molecule has 3 aromatic rings. The van der Waals surface area contributed by atoms with Gasteiger partial charge in [0.25, 0.3) is 5.91 Å². The number of hydrogen-bond donors (Lipinski definition) is 2. The average Bonchev–Trinajstić information content (AvgIpc) is 2.92. The lowest BCUT2D eigenvalue weighted by molar-refractivity contribution is -0.147. The summed E-state index contributed by atoms with van der Waals surface area (Å²) in [5.74, 6) is -0.537. The highest BCUT2D eigenvalue weighted by molar-refractivity contribution is 9.10. The van der Waals surface area contributed by atoms with Gasteiger partial charge in [0.1, 0.15) is 18.2 Å². The number of nitrogens with one attached hydrogen (secondary N) is 1. The number of carbonyl (C=O) groups is 2. The maximum Gasteiger partial charge on any atom is 0.416 e. The predicted molar refractivity (Wildman–Crippen MR) is 150 cm³/mol. The van der Waals surface area contributed by atoms with Gasteiger partial charge in [-0.25, -0.2) is 4.79 Å². The Bertz CT molecular complexity index is 1500. The van der Waals surface area contributed by atoms with E-state index in [4.69, 9.17) is 4.74 Å². The molecule has 216 valence electrons. The summed E-state index contributed by atoms with van der Waals surface area (Å²) in [6, 6.07) is 10.4. The molecule has 1 aromatic heterocycles. The van der Waals surface area contributed by atoms with Crippen LogP contribution in [0.5, 0.6) is 5.75 Å². The fourth-order valence-corrected chi connectivity index (χ4v) is 9.04. The van der Waals surface area contributed by atoms with Crippen LogP contribution < -0.4 is 10.1 Å². The minimum absolute atomic E-state index is 0.0896. The van der Waals surface area contributed by atoms with E-state index in [-0.39, 0.29) is 22.2 Å². The molecule has 0 aliphatic heterocycles. The third kappa shape index (κ3) is 5.19. The topological polar surface area (TPSA) is 88.5 Å². The van der Waals surface area contributed by atoms with E-state index in [1.807, 2.05) is 6.07 Å². The molecule has 4 unspecified atom stereocenters. The van der Waals surface area contributed by atoms with Crippen molar-refractivity contribution >= 4 is 38.7 Å².